The first-order valence-electron chi connectivity index (χ1n) is 5.62. The molecule has 1 aromatic carbocycles. The van der Waals surface area contributed by atoms with Gasteiger partial charge in [0.25, 0.3) is 11.6 Å². The van der Waals surface area contributed by atoms with Gasteiger partial charge in [-0.15, -0.1) is 0 Å². The Hall–Kier alpha value is -2.13. The van der Waals surface area contributed by atoms with Crippen LogP contribution in [0.5, 0.6) is 0 Å². The molecule has 100 valence electrons. The van der Waals surface area contributed by atoms with Crippen molar-refractivity contribution in [2.45, 2.75) is 25.8 Å². The minimum atomic E-state index is -0.661. The zero-order valence-electron chi connectivity index (χ0n) is 10.2. The van der Waals surface area contributed by atoms with Crippen molar-refractivity contribution >= 4 is 23.2 Å². The molecule has 19 heavy (non-hydrogen) atoms. The van der Waals surface area contributed by atoms with Gasteiger partial charge in [-0.25, -0.2) is 0 Å². The fourth-order valence-electron chi connectivity index (χ4n) is 1.55. The van der Waals surface area contributed by atoms with Crippen molar-refractivity contribution in [3.05, 3.63) is 38.9 Å². The van der Waals surface area contributed by atoms with Crippen LogP contribution >= 0.6 is 11.6 Å². The van der Waals surface area contributed by atoms with Crippen molar-refractivity contribution in [2.24, 2.45) is 0 Å². The van der Waals surface area contributed by atoms with Crippen molar-refractivity contribution in [1.29, 1.82) is 5.26 Å². The summed E-state index contributed by atoms with van der Waals surface area (Å²) >= 11 is 5.84. The van der Waals surface area contributed by atoms with Gasteiger partial charge in [-0.05, 0) is 12.5 Å². The highest BCUT2D eigenvalue weighted by Crippen LogP contribution is 2.26. The number of rotatable bonds is 5. The van der Waals surface area contributed by atoms with Crippen molar-refractivity contribution in [3.8, 4) is 6.07 Å². The average molecular weight is 282 g/mol. The molecule has 1 N–H and O–H groups in total. The van der Waals surface area contributed by atoms with Crippen LogP contribution < -0.4 is 5.32 Å². The zero-order chi connectivity index (χ0) is 14.4. The molecule has 0 saturated heterocycles. The van der Waals surface area contributed by atoms with Gasteiger partial charge in [-0.3, -0.25) is 14.9 Å². The normalized spacial score (nSPS) is 11.4. The predicted molar refractivity (Wildman–Crippen MR) is 69.9 cm³/mol. The Morgan fingerprint density at radius 1 is 1.63 bits per heavy atom. The monoisotopic (exact) mass is 281 g/mol. The summed E-state index contributed by atoms with van der Waals surface area (Å²) in [5.74, 6) is -0.639. The number of nitriles is 1. The number of nitrogens with one attached hydrogen (secondary N) is 1. The second-order valence-corrected chi connectivity index (χ2v) is 4.24. The lowest BCUT2D eigenvalue weighted by molar-refractivity contribution is -0.385. The van der Waals surface area contributed by atoms with E-state index in [1.54, 1.807) is 0 Å². The average Bonchev–Trinajstić information content (AvgIpc) is 2.37. The van der Waals surface area contributed by atoms with E-state index in [1.807, 2.05) is 13.0 Å². The number of hydrogen-bond donors (Lipinski definition) is 1. The predicted octanol–water partition coefficient (Wildman–Crippen LogP) is 2.67. The fourth-order valence-corrected chi connectivity index (χ4v) is 1.81. The van der Waals surface area contributed by atoms with Crippen LogP contribution in [0.2, 0.25) is 5.02 Å². The van der Waals surface area contributed by atoms with E-state index in [-0.39, 0.29) is 28.7 Å². The van der Waals surface area contributed by atoms with Crippen molar-refractivity contribution < 1.29 is 9.72 Å². The van der Waals surface area contributed by atoms with Gasteiger partial charge in [-0.2, -0.15) is 5.26 Å². The summed E-state index contributed by atoms with van der Waals surface area (Å²) in [6.07, 6.45) is 0.693. The van der Waals surface area contributed by atoms with E-state index in [0.29, 0.717) is 6.42 Å². The molecule has 0 saturated carbocycles. The maximum absolute atomic E-state index is 12.0. The third kappa shape index (κ3) is 3.66. The van der Waals surface area contributed by atoms with Crippen LogP contribution in [-0.4, -0.2) is 16.9 Å². The van der Waals surface area contributed by atoms with Crippen LogP contribution in [0, 0.1) is 21.4 Å². The molecule has 0 spiro atoms. The standard InChI is InChI=1S/C12H12ClN3O3/c1-2-8(6-7-14)15-12(17)11-9(13)4-3-5-10(11)16(18)19/h3-5,8H,2,6H2,1H3,(H,15,17). The number of amides is 1. The number of carbonyl (C=O) groups is 1. The van der Waals surface area contributed by atoms with E-state index in [2.05, 4.69) is 5.32 Å². The number of nitrogens with zero attached hydrogens (tertiary/aromatic N) is 2. The third-order valence-electron chi connectivity index (χ3n) is 2.58. The Labute approximate surface area is 115 Å². The summed E-state index contributed by atoms with van der Waals surface area (Å²) in [6.45, 7) is 1.81. The zero-order valence-corrected chi connectivity index (χ0v) is 11.0. The van der Waals surface area contributed by atoms with Gasteiger partial charge < -0.3 is 5.32 Å². The third-order valence-corrected chi connectivity index (χ3v) is 2.90. The second-order valence-electron chi connectivity index (χ2n) is 3.83. The highest BCUT2D eigenvalue weighted by molar-refractivity contribution is 6.34. The molecule has 1 unspecified atom stereocenters. The molecule has 1 aromatic rings. The maximum Gasteiger partial charge on any atom is 0.283 e. The van der Waals surface area contributed by atoms with E-state index in [1.165, 1.54) is 18.2 Å². The lowest BCUT2D eigenvalue weighted by Gasteiger charge is -2.14. The Bertz CT molecular complexity index is 540. The van der Waals surface area contributed by atoms with Gasteiger partial charge in [-0.1, -0.05) is 24.6 Å². The summed E-state index contributed by atoms with van der Waals surface area (Å²) in [6, 6.07) is 5.62. The van der Waals surface area contributed by atoms with Gasteiger partial charge >= 0.3 is 0 Å². The molecular formula is C12H12ClN3O3. The molecule has 6 nitrogen and oxygen atoms in total. The molecule has 0 aliphatic heterocycles. The van der Waals surface area contributed by atoms with Gasteiger partial charge in [0, 0.05) is 12.1 Å². The van der Waals surface area contributed by atoms with E-state index in [9.17, 15) is 14.9 Å². The van der Waals surface area contributed by atoms with E-state index >= 15 is 0 Å². The van der Waals surface area contributed by atoms with E-state index in [4.69, 9.17) is 16.9 Å². The molecule has 0 fully saturated rings. The lowest BCUT2D eigenvalue weighted by atomic mass is 10.1. The smallest absolute Gasteiger partial charge is 0.283 e. The van der Waals surface area contributed by atoms with Crippen LogP contribution in [0.4, 0.5) is 5.69 Å². The van der Waals surface area contributed by atoms with Crippen molar-refractivity contribution in [3.63, 3.8) is 0 Å². The molecule has 0 heterocycles. The van der Waals surface area contributed by atoms with Gasteiger partial charge in [0.15, 0.2) is 0 Å². The van der Waals surface area contributed by atoms with Crippen LogP contribution in [0.15, 0.2) is 18.2 Å². The minimum absolute atomic E-state index is 0.0125. The molecule has 0 bridgehead atoms. The topological polar surface area (TPSA) is 96.0 Å². The SMILES string of the molecule is CCC(CC#N)NC(=O)c1c(Cl)cccc1[N+](=O)[O-]. The Balaban J connectivity index is 3.06. The minimum Gasteiger partial charge on any atom is -0.348 e. The molecule has 1 rings (SSSR count). The molecule has 7 heteroatoms. The largest absolute Gasteiger partial charge is 0.348 e. The quantitative estimate of drug-likeness (QED) is 0.663. The van der Waals surface area contributed by atoms with Crippen molar-refractivity contribution in [1.82, 2.24) is 5.32 Å². The molecular weight excluding hydrogens is 270 g/mol. The fraction of sp³-hybridized carbons (Fsp3) is 0.333. The van der Waals surface area contributed by atoms with Gasteiger partial charge in [0.1, 0.15) is 5.56 Å². The van der Waals surface area contributed by atoms with E-state index < -0.39 is 10.8 Å². The van der Waals surface area contributed by atoms with Crippen molar-refractivity contribution in [2.75, 3.05) is 0 Å². The molecule has 0 aromatic heterocycles. The van der Waals surface area contributed by atoms with Crippen LogP contribution in [0.25, 0.3) is 0 Å². The molecule has 1 atom stereocenters. The van der Waals surface area contributed by atoms with Gasteiger partial charge in [0.05, 0.1) is 22.4 Å². The molecule has 0 radical (unpaired) electrons. The highest BCUT2D eigenvalue weighted by atomic mass is 35.5. The maximum atomic E-state index is 12.0. The summed E-state index contributed by atoms with van der Waals surface area (Å²) < 4.78 is 0. The molecule has 0 aliphatic carbocycles. The lowest BCUT2D eigenvalue weighted by Crippen LogP contribution is -2.34. The molecule has 1 amide bonds. The second kappa shape index (κ2) is 6.71. The number of nitro groups is 1. The highest BCUT2D eigenvalue weighted by Gasteiger charge is 2.24. The Morgan fingerprint density at radius 3 is 2.84 bits per heavy atom. The Kier molecular flexibility index (Phi) is 5.27. The summed E-state index contributed by atoms with van der Waals surface area (Å²) in [4.78, 5) is 22.2. The summed E-state index contributed by atoms with van der Waals surface area (Å²) in [5, 5.41) is 22.1. The first kappa shape index (κ1) is 14.9. The first-order valence-corrected chi connectivity index (χ1v) is 5.99. The van der Waals surface area contributed by atoms with Crippen LogP contribution in [0.1, 0.15) is 30.1 Å². The number of nitro benzene ring substituents is 1. The summed E-state index contributed by atoms with van der Waals surface area (Å²) in [7, 11) is 0. The number of hydrogen-bond acceptors (Lipinski definition) is 4. The first-order chi connectivity index (χ1) is 9.01. The van der Waals surface area contributed by atoms with Crippen LogP contribution in [0.3, 0.4) is 0 Å². The van der Waals surface area contributed by atoms with Gasteiger partial charge in [0.2, 0.25) is 0 Å². The van der Waals surface area contributed by atoms with E-state index in [0.717, 1.165) is 0 Å². The number of halogens is 1. The number of benzene rings is 1. The Morgan fingerprint density at radius 2 is 2.32 bits per heavy atom. The molecule has 0 aliphatic rings. The number of carbonyl (C=O) groups excluding carboxylic acids is 1. The van der Waals surface area contributed by atoms with Crippen LogP contribution in [-0.2, 0) is 0 Å². The summed E-state index contributed by atoms with van der Waals surface area (Å²) in [5.41, 5.74) is -0.526.